The number of methoxy groups -OCH3 is 1. The van der Waals surface area contributed by atoms with Crippen LogP contribution in [-0.2, 0) is 17.6 Å². The molecule has 7 heteroatoms. The van der Waals surface area contributed by atoms with Gasteiger partial charge >= 0.3 is 5.97 Å². The Labute approximate surface area is 215 Å². The number of hydrogen-bond acceptors (Lipinski definition) is 5. The molecule has 0 bridgehead atoms. The van der Waals surface area contributed by atoms with E-state index in [1.165, 1.54) is 12.0 Å². The van der Waals surface area contributed by atoms with Crippen LogP contribution < -0.4 is 5.32 Å². The summed E-state index contributed by atoms with van der Waals surface area (Å²) >= 11 is 7.60. The summed E-state index contributed by atoms with van der Waals surface area (Å²) in [6.45, 7) is 6.84. The molecule has 3 aromatic rings. The Hall–Kier alpha value is -2.96. The van der Waals surface area contributed by atoms with Crippen LogP contribution in [-0.4, -0.2) is 25.2 Å². The van der Waals surface area contributed by atoms with Crippen LogP contribution >= 0.6 is 22.9 Å². The first kappa shape index (κ1) is 25.1. The predicted octanol–water partition coefficient (Wildman–Crippen LogP) is 7.34. The number of halogens is 1. The molecule has 1 N–H and O–H groups in total. The van der Waals surface area contributed by atoms with E-state index in [0.717, 1.165) is 30.4 Å². The highest BCUT2D eigenvalue weighted by molar-refractivity contribution is 7.16. The third-order valence-corrected chi connectivity index (χ3v) is 7.88. The van der Waals surface area contributed by atoms with Crippen molar-refractivity contribution in [1.82, 2.24) is 0 Å². The maximum atomic E-state index is 13.4. The molecule has 1 aromatic heterocycles. The molecule has 5 nitrogen and oxygen atoms in total. The van der Waals surface area contributed by atoms with E-state index < -0.39 is 0 Å². The van der Waals surface area contributed by atoms with Crippen molar-refractivity contribution in [3.05, 3.63) is 80.7 Å². The van der Waals surface area contributed by atoms with Gasteiger partial charge in [0, 0.05) is 21.8 Å². The van der Waals surface area contributed by atoms with Gasteiger partial charge in [-0.1, -0.05) is 44.5 Å². The summed E-state index contributed by atoms with van der Waals surface area (Å²) in [5.41, 5.74) is 3.96. The summed E-state index contributed by atoms with van der Waals surface area (Å²) in [4.78, 5) is 31.1. The zero-order chi connectivity index (χ0) is 25.2. The van der Waals surface area contributed by atoms with Gasteiger partial charge in [-0.2, -0.15) is 0 Å². The van der Waals surface area contributed by atoms with E-state index in [1.54, 1.807) is 53.9 Å². The molecular weight excluding hydrogens is 480 g/mol. The Morgan fingerprint density at radius 3 is 2.43 bits per heavy atom. The minimum absolute atomic E-state index is 0.160. The summed E-state index contributed by atoms with van der Waals surface area (Å²) in [6.07, 6.45) is 4.60. The van der Waals surface area contributed by atoms with E-state index in [9.17, 15) is 9.59 Å². The lowest BCUT2D eigenvalue weighted by atomic mass is 9.72. The number of ether oxygens (including phenoxy) is 1. The highest BCUT2D eigenvalue weighted by atomic mass is 35.5. The number of benzene rings is 2. The van der Waals surface area contributed by atoms with E-state index in [1.807, 2.05) is 12.1 Å². The topological polar surface area (TPSA) is 67.8 Å². The molecule has 0 saturated heterocycles. The molecule has 0 saturated carbocycles. The number of carbonyl (C=O) groups excluding carboxylic acids is 2. The molecule has 1 amide bonds. The Morgan fingerprint density at radius 2 is 1.80 bits per heavy atom. The van der Waals surface area contributed by atoms with Crippen LogP contribution in [0.2, 0.25) is 5.02 Å². The number of esters is 1. The third-order valence-electron chi connectivity index (χ3n) is 6.46. The smallest absolute Gasteiger partial charge is 0.337 e. The number of nitrogens with zero attached hydrogens (tertiary/aromatic N) is 1. The highest BCUT2D eigenvalue weighted by Gasteiger charge is 2.33. The van der Waals surface area contributed by atoms with Crippen LogP contribution in [0.1, 0.15) is 63.9 Å². The molecule has 4 rings (SSSR count). The fourth-order valence-electron chi connectivity index (χ4n) is 4.32. The molecule has 1 heterocycles. The minimum atomic E-state index is -0.381. The van der Waals surface area contributed by atoms with Crippen LogP contribution in [0.25, 0.3) is 0 Å². The van der Waals surface area contributed by atoms with Gasteiger partial charge in [0.05, 0.1) is 18.2 Å². The molecule has 2 aromatic carbocycles. The first-order valence-electron chi connectivity index (χ1n) is 11.6. The van der Waals surface area contributed by atoms with Crippen molar-refractivity contribution in [3.63, 3.8) is 0 Å². The molecule has 182 valence electrons. The van der Waals surface area contributed by atoms with Gasteiger partial charge in [-0.05, 0) is 78.1 Å². The van der Waals surface area contributed by atoms with Gasteiger partial charge in [0.15, 0.2) is 0 Å². The maximum absolute atomic E-state index is 13.4. The van der Waals surface area contributed by atoms with Gasteiger partial charge in [0.1, 0.15) is 5.00 Å². The molecular formula is C28H29ClN2O3S. The molecule has 1 atom stereocenters. The van der Waals surface area contributed by atoms with Crippen molar-refractivity contribution in [1.29, 1.82) is 0 Å². The van der Waals surface area contributed by atoms with E-state index in [2.05, 4.69) is 26.1 Å². The zero-order valence-electron chi connectivity index (χ0n) is 20.4. The number of thiophene rings is 1. The zero-order valence-corrected chi connectivity index (χ0v) is 21.9. The first-order chi connectivity index (χ1) is 16.7. The Balaban J connectivity index is 1.66. The average molecular weight is 509 g/mol. The fourth-order valence-corrected chi connectivity index (χ4v) is 5.71. The molecule has 0 spiro atoms. The number of nitrogens with one attached hydrogen (secondary N) is 1. The lowest BCUT2D eigenvalue weighted by Crippen LogP contribution is -2.27. The molecule has 0 unspecified atom stereocenters. The fraction of sp³-hybridized carbons (Fsp3) is 0.321. The van der Waals surface area contributed by atoms with Crippen molar-refractivity contribution < 1.29 is 14.3 Å². The van der Waals surface area contributed by atoms with Crippen LogP contribution in [0, 0.1) is 11.3 Å². The second kappa shape index (κ2) is 10.3. The second-order valence-electron chi connectivity index (χ2n) is 9.82. The lowest BCUT2D eigenvalue weighted by molar-refractivity contribution is 0.0600. The molecule has 1 aliphatic carbocycles. The van der Waals surface area contributed by atoms with Crippen molar-refractivity contribution in [2.75, 3.05) is 12.4 Å². The molecule has 35 heavy (non-hydrogen) atoms. The van der Waals surface area contributed by atoms with Gasteiger partial charge in [-0.3, -0.25) is 4.79 Å². The van der Waals surface area contributed by atoms with Gasteiger partial charge in [0.25, 0.3) is 5.91 Å². The Kier molecular flexibility index (Phi) is 7.43. The predicted molar refractivity (Wildman–Crippen MR) is 144 cm³/mol. The SMILES string of the molecule is COC(=O)c1ccc(C=Nc2sc3c(c2C(=O)Nc2ccc(Cl)cc2)CC[C@@H](C(C)(C)C)C3)cc1. The van der Waals surface area contributed by atoms with Crippen molar-refractivity contribution in [2.24, 2.45) is 16.3 Å². The van der Waals surface area contributed by atoms with Gasteiger partial charge in [0.2, 0.25) is 0 Å². The normalized spacial score (nSPS) is 15.6. The van der Waals surface area contributed by atoms with Gasteiger partial charge in [-0.15, -0.1) is 11.3 Å². The van der Waals surface area contributed by atoms with E-state index in [-0.39, 0.29) is 17.3 Å². The number of carbonyl (C=O) groups is 2. The van der Waals surface area contributed by atoms with Gasteiger partial charge in [-0.25, -0.2) is 9.79 Å². The molecule has 0 fully saturated rings. The Morgan fingerprint density at radius 1 is 1.11 bits per heavy atom. The first-order valence-corrected chi connectivity index (χ1v) is 12.8. The quantitative estimate of drug-likeness (QED) is 0.289. The third kappa shape index (κ3) is 5.82. The van der Waals surface area contributed by atoms with Crippen LogP contribution in [0.15, 0.2) is 53.5 Å². The van der Waals surface area contributed by atoms with E-state index in [0.29, 0.717) is 32.8 Å². The van der Waals surface area contributed by atoms with Crippen molar-refractivity contribution in [3.8, 4) is 0 Å². The van der Waals surface area contributed by atoms with Crippen molar-refractivity contribution >= 4 is 51.7 Å². The summed E-state index contributed by atoms with van der Waals surface area (Å²) in [7, 11) is 1.36. The molecule has 1 aliphatic rings. The highest BCUT2D eigenvalue weighted by Crippen LogP contribution is 2.45. The maximum Gasteiger partial charge on any atom is 0.337 e. The monoisotopic (exact) mass is 508 g/mol. The van der Waals surface area contributed by atoms with Crippen molar-refractivity contribution in [2.45, 2.75) is 40.0 Å². The second-order valence-corrected chi connectivity index (χ2v) is 11.3. The average Bonchev–Trinajstić information content (AvgIpc) is 3.21. The minimum Gasteiger partial charge on any atom is -0.465 e. The number of anilines is 1. The van der Waals surface area contributed by atoms with Crippen LogP contribution in [0.4, 0.5) is 10.7 Å². The van der Waals surface area contributed by atoms with E-state index in [4.69, 9.17) is 21.3 Å². The van der Waals surface area contributed by atoms with E-state index >= 15 is 0 Å². The van der Waals surface area contributed by atoms with Crippen LogP contribution in [0.3, 0.4) is 0 Å². The lowest BCUT2D eigenvalue weighted by Gasteiger charge is -2.33. The number of aliphatic imine (C=N–C) groups is 1. The standard InChI is InChI=1S/C28H29ClN2O3S/c1-28(2,3)19-9-14-22-23(15-19)35-26(24(22)25(32)31-21-12-10-20(29)11-13-21)30-16-17-5-7-18(8-6-17)27(33)34-4/h5-8,10-13,16,19H,9,14-15H2,1-4H3,(H,31,32)/t19-/m1/s1. The van der Waals surface area contributed by atoms with Crippen LogP contribution in [0.5, 0.6) is 0 Å². The summed E-state index contributed by atoms with van der Waals surface area (Å²) in [6, 6.07) is 14.1. The molecule has 0 radical (unpaired) electrons. The number of rotatable bonds is 5. The largest absolute Gasteiger partial charge is 0.465 e. The number of amides is 1. The van der Waals surface area contributed by atoms with Gasteiger partial charge < -0.3 is 10.1 Å². The Bertz CT molecular complexity index is 1260. The summed E-state index contributed by atoms with van der Waals surface area (Å²) < 4.78 is 4.76. The molecule has 0 aliphatic heterocycles. The number of hydrogen-bond donors (Lipinski definition) is 1. The number of fused-ring (bicyclic) bond motifs is 1. The summed E-state index contributed by atoms with van der Waals surface area (Å²) in [5, 5.41) is 4.33. The summed E-state index contributed by atoms with van der Waals surface area (Å²) in [5.74, 6) is 0.0183.